The van der Waals surface area contributed by atoms with E-state index in [1.165, 1.54) is 16.0 Å². The van der Waals surface area contributed by atoms with Gasteiger partial charge in [-0.15, -0.1) is 11.8 Å². The molecular formula is C13H21NS. The third-order valence-corrected chi connectivity index (χ3v) is 3.87. The summed E-state index contributed by atoms with van der Waals surface area (Å²) in [7, 11) is 0. The highest BCUT2D eigenvalue weighted by atomic mass is 32.2. The van der Waals surface area contributed by atoms with Crippen molar-refractivity contribution in [2.24, 2.45) is 5.73 Å². The minimum absolute atomic E-state index is 0.233. The fourth-order valence-corrected chi connectivity index (χ4v) is 2.72. The molecule has 0 aliphatic rings. The van der Waals surface area contributed by atoms with Gasteiger partial charge >= 0.3 is 0 Å². The summed E-state index contributed by atoms with van der Waals surface area (Å²) in [6.45, 7) is 9.56. The number of hydrogen-bond donors (Lipinski definition) is 1. The molecule has 0 saturated carbocycles. The van der Waals surface area contributed by atoms with E-state index >= 15 is 0 Å². The minimum Gasteiger partial charge on any atom is -0.330 e. The molecule has 2 N–H and O–H groups in total. The average molecular weight is 223 g/mol. The van der Waals surface area contributed by atoms with E-state index in [0.717, 1.165) is 13.0 Å². The molecule has 1 aromatic rings. The largest absolute Gasteiger partial charge is 0.330 e. The highest BCUT2D eigenvalue weighted by Crippen LogP contribution is 2.35. The molecule has 0 spiro atoms. The summed E-state index contributed by atoms with van der Waals surface area (Å²) in [5.74, 6) is 0. The number of aryl methyl sites for hydroxylation is 2. The lowest BCUT2D eigenvalue weighted by molar-refractivity contribution is 0.649. The van der Waals surface area contributed by atoms with Crippen LogP contribution in [0.2, 0.25) is 0 Å². The van der Waals surface area contributed by atoms with Crippen LogP contribution in [0.3, 0.4) is 0 Å². The molecule has 0 bridgehead atoms. The van der Waals surface area contributed by atoms with Crippen molar-refractivity contribution in [2.75, 3.05) is 6.54 Å². The topological polar surface area (TPSA) is 26.0 Å². The van der Waals surface area contributed by atoms with Crippen molar-refractivity contribution in [1.29, 1.82) is 0 Å². The lowest BCUT2D eigenvalue weighted by atomic mass is 10.1. The summed E-state index contributed by atoms with van der Waals surface area (Å²) in [5, 5.41) is 0. The van der Waals surface area contributed by atoms with Crippen LogP contribution in [0, 0.1) is 13.8 Å². The highest BCUT2D eigenvalue weighted by Gasteiger charge is 2.18. The maximum atomic E-state index is 5.61. The fourth-order valence-electron chi connectivity index (χ4n) is 1.50. The zero-order chi connectivity index (χ0) is 11.5. The van der Waals surface area contributed by atoms with Crippen LogP contribution in [-0.2, 0) is 0 Å². The second-order valence-electron chi connectivity index (χ2n) is 4.65. The summed E-state index contributed by atoms with van der Waals surface area (Å²) in [6, 6.07) is 6.65. The van der Waals surface area contributed by atoms with Crippen LogP contribution in [0.4, 0.5) is 0 Å². The SMILES string of the molecule is Cc1ccc(SC(C)(C)CCN)cc1C. The molecular weight excluding hydrogens is 202 g/mol. The van der Waals surface area contributed by atoms with Gasteiger partial charge in [0.2, 0.25) is 0 Å². The van der Waals surface area contributed by atoms with Crippen molar-refractivity contribution in [3.63, 3.8) is 0 Å². The van der Waals surface area contributed by atoms with Gasteiger partial charge in [0.05, 0.1) is 0 Å². The number of thioether (sulfide) groups is 1. The van der Waals surface area contributed by atoms with E-state index in [4.69, 9.17) is 5.73 Å². The van der Waals surface area contributed by atoms with E-state index in [1.54, 1.807) is 0 Å². The molecule has 0 aliphatic carbocycles. The maximum Gasteiger partial charge on any atom is 0.0162 e. The lowest BCUT2D eigenvalue weighted by Crippen LogP contribution is -2.19. The molecule has 2 heteroatoms. The van der Waals surface area contributed by atoms with Crippen LogP contribution in [0.5, 0.6) is 0 Å². The second-order valence-corrected chi connectivity index (χ2v) is 6.43. The van der Waals surface area contributed by atoms with Crippen molar-refractivity contribution in [3.05, 3.63) is 29.3 Å². The van der Waals surface area contributed by atoms with Crippen molar-refractivity contribution in [1.82, 2.24) is 0 Å². The third-order valence-electron chi connectivity index (χ3n) is 2.62. The standard InChI is InChI=1S/C13H21NS/c1-10-5-6-12(9-11(10)2)15-13(3,4)7-8-14/h5-6,9H,7-8,14H2,1-4H3. The predicted molar refractivity (Wildman–Crippen MR) is 69.5 cm³/mol. The fraction of sp³-hybridized carbons (Fsp3) is 0.538. The number of nitrogens with two attached hydrogens (primary N) is 1. The first-order chi connectivity index (χ1) is 6.94. The van der Waals surface area contributed by atoms with Crippen LogP contribution < -0.4 is 5.73 Å². The third kappa shape index (κ3) is 3.88. The molecule has 15 heavy (non-hydrogen) atoms. The first kappa shape index (κ1) is 12.6. The molecule has 1 rings (SSSR count). The Kier molecular flexibility index (Phi) is 4.23. The molecule has 0 radical (unpaired) electrons. The van der Waals surface area contributed by atoms with Gasteiger partial charge in [-0.05, 0) is 50.1 Å². The Bertz CT molecular complexity index is 331. The van der Waals surface area contributed by atoms with E-state index in [9.17, 15) is 0 Å². The molecule has 0 heterocycles. The molecule has 0 saturated heterocycles. The van der Waals surface area contributed by atoms with Crippen LogP contribution >= 0.6 is 11.8 Å². The molecule has 0 aromatic heterocycles. The molecule has 0 amide bonds. The Morgan fingerprint density at radius 2 is 1.87 bits per heavy atom. The van der Waals surface area contributed by atoms with Crippen molar-refractivity contribution >= 4 is 11.8 Å². The molecule has 0 unspecified atom stereocenters. The maximum absolute atomic E-state index is 5.61. The van der Waals surface area contributed by atoms with Crippen LogP contribution in [0.1, 0.15) is 31.4 Å². The van der Waals surface area contributed by atoms with E-state index in [-0.39, 0.29) is 4.75 Å². The van der Waals surface area contributed by atoms with Gasteiger partial charge in [0, 0.05) is 9.64 Å². The van der Waals surface area contributed by atoms with Crippen molar-refractivity contribution in [2.45, 2.75) is 43.8 Å². The van der Waals surface area contributed by atoms with Gasteiger partial charge in [0.1, 0.15) is 0 Å². The minimum atomic E-state index is 0.233. The zero-order valence-corrected chi connectivity index (χ0v) is 10.9. The molecule has 1 nitrogen and oxygen atoms in total. The smallest absolute Gasteiger partial charge is 0.0162 e. The molecule has 1 aromatic carbocycles. The van der Waals surface area contributed by atoms with E-state index in [0.29, 0.717) is 0 Å². The Labute approximate surface area is 97.4 Å². The van der Waals surface area contributed by atoms with E-state index in [1.807, 2.05) is 11.8 Å². The Morgan fingerprint density at radius 1 is 1.20 bits per heavy atom. The molecule has 0 atom stereocenters. The Hall–Kier alpha value is -0.470. The summed E-state index contributed by atoms with van der Waals surface area (Å²) >= 11 is 1.91. The van der Waals surface area contributed by atoms with Gasteiger partial charge in [-0.3, -0.25) is 0 Å². The van der Waals surface area contributed by atoms with Crippen molar-refractivity contribution < 1.29 is 0 Å². The first-order valence-electron chi connectivity index (χ1n) is 5.41. The van der Waals surface area contributed by atoms with Crippen molar-refractivity contribution in [3.8, 4) is 0 Å². The van der Waals surface area contributed by atoms with Gasteiger partial charge in [0.15, 0.2) is 0 Å². The van der Waals surface area contributed by atoms with Gasteiger partial charge in [-0.25, -0.2) is 0 Å². The van der Waals surface area contributed by atoms with Gasteiger partial charge in [-0.1, -0.05) is 19.9 Å². The summed E-state index contributed by atoms with van der Waals surface area (Å²) in [4.78, 5) is 1.34. The van der Waals surface area contributed by atoms with E-state index < -0.39 is 0 Å². The number of benzene rings is 1. The zero-order valence-electron chi connectivity index (χ0n) is 10.1. The van der Waals surface area contributed by atoms with Gasteiger partial charge < -0.3 is 5.73 Å². The predicted octanol–water partition coefficient (Wildman–Crippen LogP) is 3.52. The average Bonchev–Trinajstić information content (AvgIpc) is 2.10. The number of rotatable bonds is 4. The van der Waals surface area contributed by atoms with Gasteiger partial charge in [0.25, 0.3) is 0 Å². The molecule has 0 aliphatic heterocycles. The lowest BCUT2D eigenvalue weighted by Gasteiger charge is -2.23. The van der Waals surface area contributed by atoms with E-state index in [2.05, 4.69) is 45.9 Å². The summed E-state index contributed by atoms with van der Waals surface area (Å²) in [6.07, 6.45) is 1.05. The summed E-state index contributed by atoms with van der Waals surface area (Å²) < 4.78 is 0.233. The monoisotopic (exact) mass is 223 g/mol. The number of hydrogen-bond acceptors (Lipinski definition) is 2. The summed E-state index contributed by atoms with van der Waals surface area (Å²) in [5.41, 5.74) is 8.33. The molecule has 0 fully saturated rings. The normalized spacial score (nSPS) is 11.8. The van der Waals surface area contributed by atoms with Crippen LogP contribution in [-0.4, -0.2) is 11.3 Å². The second kappa shape index (κ2) is 5.04. The first-order valence-corrected chi connectivity index (χ1v) is 6.22. The Morgan fingerprint density at radius 3 is 2.40 bits per heavy atom. The van der Waals surface area contributed by atoms with Crippen LogP contribution in [0.25, 0.3) is 0 Å². The van der Waals surface area contributed by atoms with Crippen LogP contribution in [0.15, 0.2) is 23.1 Å². The highest BCUT2D eigenvalue weighted by molar-refractivity contribution is 8.00. The van der Waals surface area contributed by atoms with Gasteiger partial charge in [-0.2, -0.15) is 0 Å². The quantitative estimate of drug-likeness (QED) is 0.790. The Balaban J connectivity index is 2.76. The molecule has 84 valence electrons.